The van der Waals surface area contributed by atoms with E-state index in [4.69, 9.17) is 10.00 Å². The molecule has 1 heterocycles. The summed E-state index contributed by atoms with van der Waals surface area (Å²) in [5.74, 6) is 0.627. The third-order valence-electron chi connectivity index (χ3n) is 4.27. The summed E-state index contributed by atoms with van der Waals surface area (Å²) in [6.45, 7) is 3.47. The van der Waals surface area contributed by atoms with Crippen LogP contribution in [-0.4, -0.2) is 37.2 Å². The highest BCUT2D eigenvalue weighted by Crippen LogP contribution is 2.32. The van der Waals surface area contributed by atoms with E-state index in [0.29, 0.717) is 12.5 Å². The minimum Gasteiger partial charge on any atom is -0.361 e. The van der Waals surface area contributed by atoms with Gasteiger partial charge < -0.3 is 4.74 Å². The smallest absolute Gasteiger partial charge is 0.156 e. The number of ether oxygens (including phenoxy) is 1. The Balaban J connectivity index is 1.69. The highest BCUT2D eigenvalue weighted by molar-refractivity contribution is 5.32. The van der Waals surface area contributed by atoms with Crippen LogP contribution in [-0.2, 0) is 11.2 Å². The molecule has 0 aromatic heterocycles. The molecule has 0 spiro atoms. The fourth-order valence-corrected chi connectivity index (χ4v) is 3.30. The van der Waals surface area contributed by atoms with E-state index in [-0.39, 0.29) is 6.10 Å². The normalized spacial score (nSPS) is 27.5. The van der Waals surface area contributed by atoms with Crippen LogP contribution in [0.1, 0.15) is 29.9 Å². The highest BCUT2D eigenvalue weighted by Gasteiger charge is 2.25. The molecule has 0 N–H and O–H groups in total. The molecule has 2 aliphatic rings. The van der Waals surface area contributed by atoms with Crippen LogP contribution in [0.15, 0.2) is 24.3 Å². The summed E-state index contributed by atoms with van der Waals surface area (Å²) in [5.41, 5.74) is 3.04. The van der Waals surface area contributed by atoms with Crippen molar-refractivity contribution >= 4 is 0 Å². The summed E-state index contributed by atoms with van der Waals surface area (Å²) < 4.78 is 5.41. The Morgan fingerprint density at radius 2 is 2.26 bits per heavy atom. The van der Waals surface area contributed by atoms with Crippen molar-refractivity contribution in [3.63, 3.8) is 0 Å². The molecule has 2 unspecified atom stereocenters. The molecule has 1 fully saturated rings. The fraction of sp³-hybridized carbons (Fsp3) is 0.562. The molecule has 3 nitrogen and oxygen atoms in total. The van der Waals surface area contributed by atoms with Crippen molar-refractivity contribution in [1.82, 2.24) is 4.90 Å². The summed E-state index contributed by atoms with van der Waals surface area (Å²) >= 11 is 0. The van der Waals surface area contributed by atoms with Crippen LogP contribution in [0.3, 0.4) is 0 Å². The Morgan fingerprint density at radius 1 is 1.37 bits per heavy atom. The van der Waals surface area contributed by atoms with Crippen molar-refractivity contribution in [1.29, 1.82) is 5.26 Å². The predicted molar refractivity (Wildman–Crippen MR) is 73.9 cm³/mol. The second kappa shape index (κ2) is 5.73. The van der Waals surface area contributed by atoms with Gasteiger partial charge in [-0.15, -0.1) is 0 Å². The van der Waals surface area contributed by atoms with Gasteiger partial charge in [0, 0.05) is 19.6 Å². The van der Waals surface area contributed by atoms with E-state index in [1.165, 1.54) is 30.4 Å². The Bertz CT molecular complexity index is 480. The van der Waals surface area contributed by atoms with E-state index in [1.54, 1.807) is 0 Å². The minimum atomic E-state index is -0.243. The molecule has 0 saturated carbocycles. The largest absolute Gasteiger partial charge is 0.361 e. The number of nitrogens with zero attached hydrogens (tertiary/aromatic N) is 2. The van der Waals surface area contributed by atoms with Gasteiger partial charge in [-0.2, -0.15) is 5.26 Å². The lowest BCUT2D eigenvalue weighted by Gasteiger charge is -2.34. The molecule has 1 aromatic carbocycles. The first kappa shape index (κ1) is 12.7. The van der Waals surface area contributed by atoms with E-state index in [1.807, 2.05) is 0 Å². The Kier molecular flexibility index (Phi) is 3.82. The number of hydrogen-bond donors (Lipinski definition) is 0. The lowest BCUT2D eigenvalue weighted by atomic mass is 9.82. The van der Waals surface area contributed by atoms with Gasteiger partial charge >= 0.3 is 0 Å². The summed E-state index contributed by atoms with van der Waals surface area (Å²) in [7, 11) is 0. The Morgan fingerprint density at radius 3 is 3.16 bits per heavy atom. The topological polar surface area (TPSA) is 36.3 Å². The number of aryl methyl sites for hydroxylation is 1. The predicted octanol–water partition coefficient (Wildman–Crippen LogP) is 2.33. The number of fused-ring (bicyclic) bond motifs is 1. The quantitative estimate of drug-likeness (QED) is 0.815. The molecule has 0 bridgehead atoms. The number of benzene rings is 1. The molecular weight excluding hydrogens is 236 g/mol. The molecule has 1 aliphatic heterocycles. The van der Waals surface area contributed by atoms with E-state index in [0.717, 1.165) is 19.6 Å². The first-order valence-electron chi connectivity index (χ1n) is 7.18. The molecular formula is C16H20N2O. The fourth-order valence-electron chi connectivity index (χ4n) is 3.30. The van der Waals surface area contributed by atoms with Crippen molar-refractivity contribution in [2.24, 2.45) is 0 Å². The van der Waals surface area contributed by atoms with Crippen LogP contribution in [0.5, 0.6) is 0 Å². The third kappa shape index (κ3) is 2.80. The molecule has 0 amide bonds. The van der Waals surface area contributed by atoms with Gasteiger partial charge in [0.25, 0.3) is 0 Å². The van der Waals surface area contributed by atoms with E-state index < -0.39 is 0 Å². The van der Waals surface area contributed by atoms with Crippen molar-refractivity contribution < 1.29 is 4.74 Å². The zero-order valence-electron chi connectivity index (χ0n) is 11.2. The van der Waals surface area contributed by atoms with Crippen LogP contribution >= 0.6 is 0 Å². The monoisotopic (exact) mass is 256 g/mol. The van der Waals surface area contributed by atoms with E-state index in [2.05, 4.69) is 35.2 Å². The zero-order valence-corrected chi connectivity index (χ0v) is 11.2. The zero-order chi connectivity index (χ0) is 13.1. The molecule has 3 rings (SSSR count). The Hall–Kier alpha value is -1.37. The summed E-state index contributed by atoms with van der Waals surface area (Å²) in [6, 6.07) is 11.1. The lowest BCUT2D eigenvalue weighted by molar-refractivity contribution is -0.00218. The maximum absolute atomic E-state index is 8.97. The number of hydrogen-bond acceptors (Lipinski definition) is 3. The second-order valence-electron chi connectivity index (χ2n) is 5.54. The van der Waals surface area contributed by atoms with Gasteiger partial charge in [-0.05, 0) is 36.3 Å². The molecule has 3 heteroatoms. The van der Waals surface area contributed by atoms with Crippen LogP contribution in [0.4, 0.5) is 0 Å². The average Bonchev–Trinajstić information content (AvgIpc) is 2.48. The van der Waals surface area contributed by atoms with Gasteiger partial charge in [-0.25, -0.2) is 0 Å². The maximum atomic E-state index is 8.97. The van der Waals surface area contributed by atoms with Crippen LogP contribution in [0.2, 0.25) is 0 Å². The number of rotatable bonds is 2. The van der Waals surface area contributed by atoms with E-state index in [9.17, 15) is 0 Å². The van der Waals surface area contributed by atoms with Gasteiger partial charge in [-0.3, -0.25) is 4.90 Å². The minimum absolute atomic E-state index is 0.243. The third-order valence-corrected chi connectivity index (χ3v) is 4.27. The second-order valence-corrected chi connectivity index (χ2v) is 5.54. The highest BCUT2D eigenvalue weighted by atomic mass is 16.5. The summed E-state index contributed by atoms with van der Waals surface area (Å²) in [6.07, 6.45) is 3.53. The maximum Gasteiger partial charge on any atom is 0.156 e. The van der Waals surface area contributed by atoms with Crippen LogP contribution in [0.25, 0.3) is 0 Å². The van der Waals surface area contributed by atoms with Crippen molar-refractivity contribution in [3.05, 3.63) is 35.4 Å². The first-order chi connectivity index (χ1) is 9.36. The van der Waals surface area contributed by atoms with Gasteiger partial charge in [-0.1, -0.05) is 24.3 Å². The number of morpholine rings is 1. The molecule has 19 heavy (non-hydrogen) atoms. The molecule has 1 aliphatic carbocycles. The van der Waals surface area contributed by atoms with Gasteiger partial charge in [0.15, 0.2) is 6.10 Å². The van der Waals surface area contributed by atoms with Crippen LogP contribution < -0.4 is 0 Å². The summed E-state index contributed by atoms with van der Waals surface area (Å²) in [4.78, 5) is 2.39. The van der Waals surface area contributed by atoms with Gasteiger partial charge in [0.05, 0.1) is 12.7 Å². The molecule has 0 radical (unpaired) electrons. The van der Waals surface area contributed by atoms with Crippen molar-refractivity contribution in [3.8, 4) is 6.07 Å². The summed E-state index contributed by atoms with van der Waals surface area (Å²) in [5, 5.41) is 8.97. The molecule has 1 aromatic rings. The van der Waals surface area contributed by atoms with Gasteiger partial charge in [0.2, 0.25) is 0 Å². The number of nitriles is 1. The molecule has 1 saturated heterocycles. The van der Waals surface area contributed by atoms with Crippen molar-refractivity contribution in [2.75, 3.05) is 26.2 Å². The molecule has 2 atom stereocenters. The first-order valence-corrected chi connectivity index (χ1v) is 7.18. The average molecular weight is 256 g/mol. The SMILES string of the molecule is N#CC1CN(CC2CCCc3ccccc32)CCO1. The Labute approximate surface area is 114 Å². The standard InChI is InChI=1S/C16H20N2O/c17-10-15-12-18(8-9-19-15)11-14-6-3-5-13-4-1-2-7-16(13)14/h1-2,4,7,14-15H,3,5-6,8-9,11-12H2. The van der Waals surface area contributed by atoms with Crippen molar-refractivity contribution in [2.45, 2.75) is 31.3 Å². The van der Waals surface area contributed by atoms with E-state index >= 15 is 0 Å². The lowest BCUT2D eigenvalue weighted by Crippen LogP contribution is -2.43. The van der Waals surface area contributed by atoms with Gasteiger partial charge in [0.1, 0.15) is 0 Å². The van der Waals surface area contributed by atoms with Crippen LogP contribution in [0, 0.1) is 11.3 Å². The molecule has 100 valence electrons.